The molecule has 6 nitrogen and oxygen atoms in total. The maximum Gasteiger partial charge on any atom is 0.328 e. The van der Waals surface area contributed by atoms with E-state index in [4.69, 9.17) is 10.5 Å². The fourth-order valence-corrected chi connectivity index (χ4v) is 3.79. The topological polar surface area (TPSA) is 102 Å². The van der Waals surface area contributed by atoms with E-state index >= 15 is 0 Å². The number of nitrogens with two attached hydrogens (primary N) is 1. The Hall–Kier alpha value is -1.92. The summed E-state index contributed by atoms with van der Waals surface area (Å²) in [4.78, 5) is 25.1. The molecule has 0 saturated heterocycles. The van der Waals surface area contributed by atoms with Crippen molar-refractivity contribution in [2.24, 2.45) is 17.6 Å². The van der Waals surface area contributed by atoms with Crippen molar-refractivity contribution in [1.82, 2.24) is 5.32 Å². The van der Waals surface area contributed by atoms with E-state index in [2.05, 4.69) is 5.32 Å². The first-order valence-corrected chi connectivity index (χ1v) is 10.8. The molecule has 29 heavy (non-hydrogen) atoms. The predicted octanol–water partition coefficient (Wildman–Crippen LogP) is 2.57. The maximum atomic E-state index is 12.6. The van der Waals surface area contributed by atoms with Gasteiger partial charge < -0.3 is 20.9 Å². The molecule has 0 aliphatic heterocycles. The quantitative estimate of drug-likeness (QED) is 0.520. The summed E-state index contributed by atoms with van der Waals surface area (Å²) in [7, 11) is 0. The molecular weight excluding hydrogens is 368 g/mol. The van der Waals surface area contributed by atoms with Crippen LogP contribution >= 0.6 is 0 Å². The van der Waals surface area contributed by atoms with Crippen LogP contribution in [-0.2, 0) is 20.7 Å². The number of carbonyl (C=O) groups excluding carboxylic acids is 2. The van der Waals surface area contributed by atoms with Gasteiger partial charge in [0.25, 0.3) is 5.91 Å². The molecule has 1 aromatic carbocycles. The summed E-state index contributed by atoms with van der Waals surface area (Å²) in [6, 6.07) is 7.93. The number of rotatable bonds is 10. The first-order valence-electron chi connectivity index (χ1n) is 10.8. The highest BCUT2D eigenvalue weighted by atomic mass is 16.5. The predicted molar refractivity (Wildman–Crippen MR) is 113 cm³/mol. The van der Waals surface area contributed by atoms with Gasteiger partial charge in [-0.2, -0.15) is 0 Å². The van der Waals surface area contributed by atoms with Crippen molar-refractivity contribution in [2.45, 2.75) is 77.0 Å². The van der Waals surface area contributed by atoms with Crippen LogP contribution in [-0.4, -0.2) is 41.8 Å². The molecule has 0 radical (unpaired) electrons. The van der Waals surface area contributed by atoms with Gasteiger partial charge in [0.1, 0.15) is 12.1 Å². The number of nitrogens with one attached hydrogen (secondary N) is 1. The van der Waals surface area contributed by atoms with Crippen LogP contribution < -0.4 is 11.1 Å². The summed E-state index contributed by atoms with van der Waals surface area (Å²) in [5.74, 6) is -0.458. The van der Waals surface area contributed by atoms with Crippen LogP contribution in [0.2, 0.25) is 0 Å². The Labute approximate surface area is 174 Å². The lowest BCUT2D eigenvalue weighted by molar-refractivity contribution is -0.151. The third-order valence-corrected chi connectivity index (χ3v) is 5.48. The average molecular weight is 405 g/mol. The molecule has 0 aromatic heterocycles. The number of hydrogen-bond donors (Lipinski definition) is 3. The standard InChI is InChI=1S/C23H36N2O4/c1-16(2)13-20(23(28)29-15-18-11-7-4-8-12-18)25-22(27)21(26)19(24)14-17-9-5-3-6-10-17/h3,5-6,9-10,16,18-21,26H,4,7-8,11-15,24H2,1-2H3,(H,25,27)/t19-,20+,21+/m1/s1. The van der Waals surface area contributed by atoms with E-state index in [1.807, 2.05) is 44.2 Å². The fraction of sp³-hybridized carbons (Fsp3) is 0.652. The van der Waals surface area contributed by atoms with Crippen LogP contribution in [0.3, 0.4) is 0 Å². The van der Waals surface area contributed by atoms with Crippen molar-refractivity contribution >= 4 is 11.9 Å². The first kappa shape index (κ1) is 23.4. The molecule has 1 saturated carbocycles. The van der Waals surface area contributed by atoms with Crippen molar-refractivity contribution in [3.8, 4) is 0 Å². The van der Waals surface area contributed by atoms with Gasteiger partial charge in [0.15, 0.2) is 0 Å². The zero-order chi connectivity index (χ0) is 21.2. The molecule has 162 valence electrons. The maximum absolute atomic E-state index is 12.6. The highest BCUT2D eigenvalue weighted by molar-refractivity contribution is 5.87. The zero-order valence-electron chi connectivity index (χ0n) is 17.7. The number of ether oxygens (including phenoxy) is 1. The smallest absolute Gasteiger partial charge is 0.328 e. The molecule has 0 unspecified atom stereocenters. The van der Waals surface area contributed by atoms with E-state index in [0.29, 0.717) is 25.4 Å². The van der Waals surface area contributed by atoms with Crippen molar-refractivity contribution in [3.05, 3.63) is 35.9 Å². The summed E-state index contributed by atoms with van der Waals surface area (Å²) in [5.41, 5.74) is 6.97. The van der Waals surface area contributed by atoms with E-state index in [-0.39, 0.29) is 5.92 Å². The number of aliphatic hydroxyl groups excluding tert-OH is 1. The van der Waals surface area contributed by atoms with Gasteiger partial charge in [-0.25, -0.2) is 4.79 Å². The highest BCUT2D eigenvalue weighted by Crippen LogP contribution is 2.24. The Morgan fingerprint density at radius 1 is 1.17 bits per heavy atom. The summed E-state index contributed by atoms with van der Waals surface area (Å²) in [6.07, 6.45) is 5.21. The van der Waals surface area contributed by atoms with Gasteiger partial charge in [0.05, 0.1) is 6.61 Å². The molecule has 1 aromatic rings. The van der Waals surface area contributed by atoms with Gasteiger partial charge in [-0.05, 0) is 43.1 Å². The largest absolute Gasteiger partial charge is 0.464 e. The highest BCUT2D eigenvalue weighted by Gasteiger charge is 2.30. The molecule has 1 amide bonds. The summed E-state index contributed by atoms with van der Waals surface area (Å²) >= 11 is 0. The van der Waals surface area contributed by atoms with Crippen molar-refractivity contribution < 1.29 is 19.4 Å². The van der Waals surface area contributed by atoms with Gasteiger partial charge in [-0.15, -0.1) is 0 Å². The number of hydrogen-bond acceptors (Lipinski definition) is 5. The molecule has 4 N–H and O–H groups in total. The van der Waals surface area contributed by atoms with Gasteiger partial charge in [0.2, 0.25) is 0 Å². The molecule has 1 aliphatic carbocycles. The normalized spacial score (nSPS) is 18.1. The zero-order valence-corrected chi connectivity index (χ0v) is 17.7. The summed E-state index contributed by atoms with van der Waals surface area (Å²) in [5, 5.41) is 13.0. The summed E-state index contributed by atoms with van der Waals surface area (Å²) in [6.45, 7) is 4.36. The lowest BCUT2D eigenvalue weighted by atomic mass is 9.90. The second-order valence-corrected chi connectivity index (χ2v) is 8.62. The molecular formula is C23H36N2O4. The van der Waals surface area contributed by atoms with E-state index in [0.717, 1.165) is 18.4 Å². The SMILES string of the molecule is CC(C)C[C@H](NC(=O)[C@@H](O)[C@H](N)Cc1ccccc1)C(=O)OCC1CCCCC1. The monoisotopic (exact) mass is 404 g/mol. The van der Waals surface area contributed by atoms with Crippen LogP contribution in [0.5, 0.6) is 0 Å². The molecule has 2 rings (SSSR count). The van der Waals surface area contributed by atoms with Crippen molar-refractivity contribution in [2.75, 3.05) is 6.61 Å². The van der Waals surface area contributed by atoms with Crippen molar-refractivity contribution in [1.29, 1.82) is 0 Å². The van der Waals surface area contributed by atoms with Crippen LogP contribution in [0.4, 0.5) is 0 Å². The van der Waals surface area contributed by atoms with E-state index in [1.54, 1.807) is 0 Å². The van der Waals surface area contributed by atoms with Crippen LogP contribution in [0.1, 0.15) is 57.9 Å². The van der Waals surface area contributed by atoms with Gasteiger partial charge in [-0.1, -0.05) is 63.4 Å². The molecule has 1 aliphatic rings. The minimum Gasteiger partial charge on any atom is -0.464 e. The van der Waals surface area contributed by atoms with E-state index in [1.165, 1.54) is 19.3 Å². The molecule has 6 heteroatoms. The molecule has 0 heterocycles. The van der Waals surface area contributed by atoms with Gasteiger partial charge in [0, 0.05) is 6.04 Å². The number of carbonyl (C=O) groups is 2. The minimum atomic E-state index is -1.39. The second kappa shape index (κ2) is 11.9. The summed E-state index contributed by atoms with van der Waals surface area (Å²) < 4.78 is 5.51. The number of benzene rings is 1. The first-order chi connectivity index (χ1) is 13.9. The van der Waals surface area contributed by atoms with Crippen molar-refractivity contribution in [3.63, 3.8) is 0 Å². The number of esters is 1. The molecule has 0 spiro atoms. The molecule has 3 atom stereocenters. The molecule has 0 bridgehead atoms. The van der Waals surface area contributed by atoms with E-state index in [9.17, 15) is 14.7 Å². The Balaban J connectivity index is 1.89. The lowest BCUT2D eigenvalue weighted by Gasteiger charge is -2.25. The van der Waals surface area contributed by atoms with Gasteiger partial charge >= 0.3 is 5.97 Å². The average Bonchev–Trinajstić information content (AvgIpc) is 2.72. The number of aliphatic hydroxyl groups is 1. The fourth-order valence-electron chi connectivity index (χ4n) is 3.79. The minimum absolute atomic E-state index is 0.192. The number of amides is 1. The Morgan fingerprint density at radius 2 is 1.83 bits per heavy atom. The van der Waals surface area contributed by atoms with Crippen LogP contribution in [0, 0.1) is 11.8 Å². The van der Waals surface area contributed by atoms with Crippen LogP contribution in [0.25, 0.3) is 0 Å². The Morgan fingerprint density at radius 3 is 2.45 bits per heavy atom. The molecule has 1 fully saturated rings. The van der Waals surface area contributed by atoms with Gasteiger partial charge in [-0.3, -0.25) is 4.79 Å². The lowest BCUT2D eigenvalue weighted by Crippen LogP contribution is -2.52. The Bertz CT molecular complexity index is 629. The third-order valence-electron chi connectivity index (χ3n) is 5.48. The Kier molecular flexibility index (Phi) is 9.61. The third kappa shape index (κ3) is 8.15. The van der Waals surface area contributed by atoms with Crippen LogP contribution in [0.15, 0.2) is 30.3 Å². The van der Waals surface area contributed by atoms with E-state index < -0.39 is 30.1 Å². The second-order valence-electron chi connectivity index (χ2n) is 8.62.